The molecule has 0 N–H and O–H groups in total. The summed E-state index contributed by atoms with van der Waals surface area (Å²) in [7, 11) is 4.80. The summed E-state index contributed by atoms with van der Waals surface area (Å²) in [6, 6.07) is 0. The molecule has 0 radical (unpaired) electrons. The molecule has 0 unspecified atom stereocenters. The van der Waals surface area contributed by atoms with E-state index in [4.69, 9.17) is 0 Å². The predicted molar refractivity (Wildman–Crippen MR) is 101 cm³/mol. The number of halogens is 2. The van der Waals surface area contributed by atoms with Gasteiger partial charge < -0.3 is 56.9 Å². The lowest BCUT2D eigenvalue weighted by molar-refractivity contribution is -0.906. The van der Waals surface area contributed by atoms with Crippen molar-refractivity contribution in [3.63, 3.8) is 0 Å². The molecule has 2 nitrogen and oxygen atoms in total. The van der Waals surface area contributed by atoms with Crippen LogP contribution in [0.3, 0.4) is 0 Å². The molecule has 0 aromatic rings. The van der Waals surface area contributed by atoms with E-state index in [1.807, 2.05) is 0 Å². The predicted octanol–water partition coefficient (Wildman–Crippen LogP) is -0.912. The standard InChI is InChI=1S/C20H46N2.2HI/c1-7-21(5,8-2)19-17-15-13-11-12-14-16-18-20-22(6,9-3)10-4;;/h7-20H2,1-6H3;2*1H/q+2;;/p-2. The van der Waals surface area contributed by atoms with Crippen LogP contribution in [0, 0.1) is 0 Å². The molecule has 0 bridgehead atoms. The molecule has 0 rings (SSSR count). The zero-order valence-electron chi connectivity index (χ0n) is 17.5. The van der Waals surface area contributed by atoms with E-state index in [2.05, 4.69) is 41.8 Å². The van der Waals surface area contributed by atoms with Crippen LogP contribution in [0.5, 0.6) is 0 Å². The van der Waals surface area contributed by atoms with Crippen LogP contribution in [-0.4, -0.2) is 62.3 Å². The van der Waals surface area contributed by atoms with Crippen molar-refractivity contribution in [3.05, 3.63) is 0 Å². The van der Waals surface area contributed by atoms with Gasteiger partial charge in [0, 0.05) is 0 Å². The van der Waals surface area contributed by atoms with E-state index < -0.39 is 0 Å². The number of hydrogen-bond donors (Lipinski definition) is 0. The smallest absolute Gasteiger partial charge is 0.0784 e. The van der Waals surface area contributed by atoms with Gasteiger partial charge in [0.15, 0.2) is 0 Å². The quantitative estimate of drug-likeness (QED) is 0.137. The van der Waals surface area contributed by atoms with Gasteiger partial charge >= 0.3 is 0 Å². The summed E-state index contributed by atoms with van der Waals surface area (Å²) in [5.41, 5.74) is 0. The molecule has 4 heteroatoms. The summed E-state index contributed by atoms with van der Waals surface area (Å²) in [5, 5.41) is 0. The zero-order valence-corrected chi connectivity index (χ0v) is 21.9. The third-order valence-corrected chi connectivity index (χ3v) is 6.20. The Morgan fingerprint density at radius 1 is 0.417 bits per heavy atom. The molecule has 0 saturated heterocycles. The van der Waals surface area contributed by atoms with Crippen molar-refractivity contribution < 1.29 is 56.9 Å². The average molecular weight is 568 g/mol. The fourth-order valence-electron chi connectivity index (χ4n) is 3.13. The van der Waals surface area contributed by atoms with Crippen molar-refractivity contribution in [2.75, 3.05) is 53.4 Å². The Hall–Kier alpha value is 1.38. The van der Waals surface area contributed by atoms with Crippen LogP contribution >= 0.6 is 0 Å². The first-order valence-electron chi connectivity index (χ1n) is 10.1. The van der Waals surface area contributed by atoms with E-state index in [9.17, 15) is 0 Å². The lowest BCUT2D eigenvalue weighted by Crippen LogP contribution is -3.00. The minimum atomic E-state index is 0. The fourth-order valence-corrected chi connectivity index (χ4v) is 3.13. The molecule has 150 valence electrons. The Balaban J connectivity index is -0.00000220. The van der Waals surface area contributed by atoms with E-state index in [-0.39, 0.29) is 48.0 Å². The Morgan fingerprint density at radius 2 is 0.625 bits per heavy atom. The molecule has 0 heterocycles. The van der Waals surface area contributed by atoms with Gasteiger partial charge in [-0.25, -0.2) is 0 Å². The molecule has 0 aliphatic carbocycles. The van der Waals surface area contributed by atoms with Crippen LogP contribution in [0.1, 0.15) is 79.1 Å². The molecule has 0 fully saturated rings. The largest absolute Gasteiger partial charge is 1.00 e. The highest BCUT2D eigenvalue weighted by molar-refractivity contribution is 4.48. The monoisotopic (exact) mass is 568 g/mol. The normalized spacial score (nSPS) is 11.8. The fraction of sp³-hybridized carbons (Fsp3) is 1.00. The maximum atomic E-state index is 2.40. The van der Waals surface area contributed by atoms with Crippen molar-refractivity contribution in [1.29, 1.82) is 0 Å². The van der Waals surface area contributed by atoms with E-state index in [0.29, 0.717) is 0 Å². The first kappa shape index (κ1) is 30.1. The summed E-state index contributed by atoms with van der Waals surface area (Å²) in [6.07, 6.45) is 11.5. The molecule has 0 amide bonds. The van der Waals surface area contributed by atoms with Gasteiger partial charge in [-0.1, -0.05) is 25.7 Å². The Bertz CT molecular complexity index is 226. The van der Waals surface area contributed by atoms with E-state index in [1.54, 1.807) is 0 Å². The van der Waals surface area contributed by atoms with Gasteiger partial charge in [0.2, 0.25) is 0 Å². The van der Waals surface area contributed by atoms with Gasteiger partial charge in [-0.05, 0) is 53.4 Å². The first-order valence-corrected chi connectivity index (χ1v) is 10.1. The topological polar surface area (TPSA) is 0 Å². The first-order chi connectivity index (χ1) is 10.4. The minimum absolute atomic E-state index is 0. The van der Waals surface area contributed by atoms with Crippen molar-refractivity contribution in [1.82, 2.24) is 0 Å². The number of nitrogens with zero attached hydrogens (tertiary/aromatic N) is 2. The van der Waals surface area contributed by atoms with Gasteiger partial charge in [-0.3, -0.25) is 0 Å². The molecule has 0 atom stereocenters. The summed E-state index contributed by atoms with van der Waals surface area (Å²) in [4.78, 5) is 0. The van der Waals surface area contributed by atoms with Crippen molar-refractivity contribution in [2.45, 2.75) is 79.1 Å². The number of quaternary nitrogens is 2. The summed E-state index contributed by atoms with van der Waals surface area (Å²) >= 11 is 0. The van der Waals surface area contributed by atoms with Gasteiger partial charge in [-0.2, -0.15) is 0 Å². The third-order valence-electron chi connectivity index (χ3n) is 6.20. The molecule has 0 aromatic carbocycles. The number of hydrogen-bond acceptors (Lipinski definition) is 0. The van der Waals surface area contributed by atoms with Gasteiger partial charge in [0.1, 0.15) is 0 Å². The maximum Gasteiger partial charge on any atom is 0.0784 e. The average Bonchev–Trinajstić information content (AvgIpc) is 2.56. The van der Waals surface area contributed by atoms with Crippen LogP contribution in [0.4, 0.5) is 0 Å². The lowest BCUT2D eigenvalue weighted by atomic mass is 10.1. The third kappa shape index (κ3) is 14.5. The van der Waals surface area contributed by atoms with Crippen molar-refractivity contribution in [3.8, 4) is 0 Å². The van der Waals surface area contributed by atoms with Gasteiger partial charge in [-0.15, -0.1) is 0 Å². The zero-order chi connectivity index (χ0) is 16.9. The molecular formula is C20H46I2N2. The molecule has 0 saturated carbocycles. The lowest BCUT2D eigenvalue weighted by Gasteiger charge is -2.32. The number of rotatable bonds is 15. The van der Waals surface area contributed by atoms with Gasteiger partial charge in [0.05, 0.1) is 53.4 Å². The summed E-state index contributed by atoms with van der Waals surface area (Å²) < 4.78 is 2.51. The summed E-state index contributed by atoms with van der Waals surface area (Å²) in [5.74, 6) is 0. The van der Waals surface area contributed by atoms with Crippen LogP contribution < -0.4 is 48.0 Å². The Kier molecular flexibility index (Phi) is 22.3. The van der Waals surface area contributed by atoms with E-state index >= 15 is 0 Å². The van der Waals surface area contributed by atoms with Crippen molar-refractivity contribution in [2.24, 2.45) is 0 Å². The molecular weight excluding hydrogens is 522 g/mol. The van der Waals surface area contributed by atoms with E-state index in [0.717, 1.165) is 0 Å². The highest BCUT2D eigenvalue weighted by Crippen LogP contribution is 2.12. The Morgan fingerprint density at radius 3 is 0.833 bits per heavy atom. The highest BCUT2D eigenvalue weighted by atomic mass is 127. The second kappa shape index (κ2) is 17.8. The number of unbranched alkanes of at least 4 members (excludes halogenated alkanes) is 7. The highest BCUT2D eigenvalue weighted by Gasteiger charge is 2.15. The molecule has 24 heavy (non-hydrogen) atoms. The summed E-state index contributed by atoms with van der Waals surface area (Å²) in [6.45, 7) is 17.2. The molecule has 0 aromatic heterocycles. The van der Waals surface area contributed by atoms with E-state index in [1.165, 1.54) is 99.6 Å². The second-order valence-electron chi connectivity index (χ2n) is 7.78. The van der Waals surface area contributed by atoms with Crippen LogP contribution in [0.25, 0.3) is 0 Å². The van der Waals surface area contributed by atoms with Crippen molar-refractivity contribution >= 4 is 0 Å². The SMILES string of the molecule is CC[N+](C)(CC)CCCCCCCCCC[N+](C)(CC)CC.[I-].[I-]. The van der Waals surface area contributed by atoms with Crippen LogP contribution in [0.2, 0.25) is 0 Å². The maximum absolute atomic E-state index is 2.40. The Labute approximate surface area is 188 Å². The van der Waals surface area contributed by atoms with Crippen LogP contribution in [-0.2, 0) is 0 Å². The molecule has 0 spiro atoms. The van der Waals surface area contributed by atoms with Gasteiger partial charge in [0.25, 0.3) is 0 Å². The molecule has 0 aliphatic rings. The second-order valence-corrected chi connectivity index (χ2v) is 7.78. The molecule has 0 aliphatic heterocycles. The van der Waals surface area contributed by atoms with Crippen LogP contribution in [0.15, 0.2) is 0 Å². The minimum Gasteiger partial charge on any atom is -1.00 e.